The zero-order valence-corrected chi connectivity index (χ0v) is 8.29. The molecule has 1 saturated carbocycles. The van der Waals surface area contributed by atoms with Gasteiger partial charge in [0.1, 0.15) is 11.9 Å². The Hall–Kier alpha value is -2.11. The second-order valence-corrected chi connectivity index (χ2v) is 3.42. The second-order valence-electron chi connectivity index (χ2n) is 3.42. The lowest BCUT2D eigenvalue weighted by Gasteiger charge is -2.03. The van der Waals surface area contributed by atoms with E-state index in [1.165, 1.54) is 24.3 Å². The summed E-state index contributed by atoms with van der Waals surface area (Å²) in [5, 5.41) is 10.4. The lowest BCUT2D eigenvalue weighted by atomic mass is 10.3. The van der Waals surface area contributed by atoms with Crippen LogP contribution in [0.3, 0.4) is 0 Å². The molecule has 0 unspecified atom stereocenters. The highest BCUT2D eigenvalue weighted by atomic mass is 16.7. The summed E-state index contributed by atoms with van der Waals surface area (Å²) in [5.74, 6) is 0.233. The van der Waals surface area contributed by atoms with Gasteiger partial charge in [-0.3, -0.25) is 10.1 Å². The lowest BCUT2D eigenvalue weighted by Crippen LogP contribution is -2.11. The molecule has 1 aromatic rings. The molecule has 0 bridgehead atoms. The molecule has 6 nitrogen and oxygen atoms in total. The van der Waals surface area contributed by atoms with Gasteiger partial charge in [-0.25, -0.2) is 4.79 Å². The molecule has 1 aromatic carbocycles. The molecule has 0 spiro atoms. The normalized spacial score (nSPS) is 14.2. The van der Waals surface area contributed by atoms with E-state index >= 15 is 0 Å². The first-order chi connectivity index (χ1) is 7.65. The first kappa shape index (κ1) is 10.4. The zero-order valence-electron chi connectivity index (χ0n) is 8.29. The minimum Gasteiger partial charge on any atom is -0.431 e. The summed E-state index contributed by atoms with van der Waals surface area (Å²) < 4.78 is 9.66. The maximum absolute atomic E-state index is 11.1. The Labute approximate surface area is 90.9 Å². The molecule has 0 N–H and O–H groups in total. The van der Waals surface area contributed by atoms with Crippen molar-refractivity contribution in [1.29, 1.82) is 0 Å². The van der Waals surface area contributed by atoms with Crippen LogP contribution in [0.5, 0.6) is 5.75 Å². The van der Waals surface area contributed by atoms with Crippen LogP contribution in [-0.2, 0) is 4.74 Å². The van der Waals surface area contributed by atoms with Crippen LogP contribution in [0.15, 0.2) is 24.3 Å². The number of non-ortho nitro benzene ring substituents is 1. The van der Waals surface area contributed by atoms with Gasteiger partial charge in [-0.15, -0.1) is 0 Å². The van der Waals surface area contributed by atoms with Crippen molar-refractivity contribution in [3.63, 3.8) is 0 Å². The molecule has 16 heavy (non-hydrogen) atoms. The Morgan fingerprint density at radius 2 is 1.94 bits per heavy atom. The molecular formula is C10H9NO5. The van der Waals surface area contributed by atoms with Gasteiger partial charge in [0.25, 0.3) is 5.69 Å². The molecule has 0 saturated heterocycles. The summed E-state index contributed by atoms with van der Waals surface area (Å²) in [7, 11) is 0. The summed E-state index contributed by atoms with van der Waals surface area (Å²) in [6.07, 6.45) is 0.951. The average molecular weight is 223 g/mol. The van der Waals surface area contributed by atoms with Crippen LogP contribution < -0.4 is 4.74 Å². The third-order valence-electron chi connectivity index (χ3n) is 2.04. The second kappa shape index (κ2) is 4.18. The highest BCUT2D eigenvalue weighted by Gasteiger charge is 2.27. The summed E-state index contributed by atoms with van der Waals surface area (Å²) >= 11 is 0. The van der Waals surface area contributed by atoms with Gasteiger partial charge >= 0.3 is 6.16 Å². The van der Waals surface area contributed by atoms with Crippen LogP contribution in [0.25, 0.3) is 0 Å². The lowest BCUT2D eigenvalue weighted by molar-refractivity contribution is -0.384. The Morgan fingerprint density at radius 1 is 1.31 bits per heavy atom. The molecule has 2 rings (SSSR count). The Balaban J connectivity index is 1.93. The maximum Gasteiger partial charge on any atom is 0.514 e. The molecule has 0 atom stereocenters. The largest absolute Gasteiger partial charge is 0.514 e. The number of carbonyl (C=O) groups is 1. The standard InChI is InChI=1S/C10H9NO5/c12-10(16-9-5-6-9)15-8-3-1-7(2-4-8)11(13)14/h1-4,9H,5-6H2. The van der Waals surface area contributed by atoms with Crippen LogP contribution in [0.4, 0.5) is 10.5 Å². The molecule has 1 fully saturated rings. The van der Waals surface area contributed by atoms with Crippen LogP contribution in [-0.4, -0.2) is 17.2 Å². The van der Waals surface area contributed by atoms with Crippen molar-refractivity contribution < 1.29 is 19.2 Å². The van der Waals surface area contributed by atoms with Gasteiger partial charge in [-0.1, -0.05) is 0 Å². The van der Waals surface area contributed by atoms with E-state index in [1.807, 2.05) is 0 Å². The molecule has 0 radical (unpaired) electrons. The average Bonchev–Trinajstić information content (AvgIpc) is 3.02. The fourth-order valence-electron chi connectivity index (χ4n) is 1.08. The number of hydrogen-bond donors (Lipinski definition) is 0. The van der Waals surface area contributed by atoms with Crippen molar-refractivity contribution in [3.05, 3.63) is 34.4 Å². The summed E-state index contributed by atoms with van der Waals surface area (Å²) in [5.41, 5.74) is -0.0529. The summed E-state index contributed by atoms with van der Waals surface area (Å²) in [4.78, 5) is 20.9. The molecule has 0 aromatic heterocycles. The molecule has 1 aliphatic rings. The van der Waals surface area contributed by atoms with Gasteiger partial charge < -0.3 is 9.47 Å². The van der Waals surface area contributed by atoms with Crippen LogP contribution in [0, 0.1) is 10.1 Å². The Kier molecular flexibility index (Phi) is 2.72. The van der Waals surface area contributed by atoms with Crippen LogP contribution in [0.2, 0.25) is 0 Å². The maximum atomic E-state index is 11.1. The molecule has 0 heterocycles. The predicted octanol–water partition coefficient (Wildman–Crippen LogP) is 2.27. The van der Waals surface area contributed by atoms with E-state index in [9.17, 15) is 14.9 Å². The highest BCUT2D eigenvalue weighted by Crippen LogP contribution is 2.24. The van der Waals surface area contributed by atoms with Gasteiger partial charge in [0, 0.05) is 12.1 Å². The number of nitro groups is 1. The fraction of sp³-hybridized carbons (Fsp3) is 0.300. The van der Waals surface area contributed by atoms with Gasteiger partial charge in [0.15, 0.2) is 0 Å². The molecule has 0 aliphatic heterocycles. The number of carbonyl (C=O) groups excluding carboxylic acids is 1. The molecular weight excluding hydrogens is 214 g/mol. The number of hydrogen-bond acceptors (Lipinski definition) is 5. The van der Waals surface area contributed by atoms with Crippen molar-refractivity contribution in [2.75, 3.05) is 0 Å². The number of ether oxygens (including phenoxy) is 2. The minimum absolute atomic E-state index is 0.0226. The van der Waals surface area contributed by atoms with E-state index in [-0.39, 0.29) is 17.5 Å². The zero-order chi connectivity index (χ0) is 11.5. The van der Waals surface area contributed by atoms with Crippen LogP contribution >= 0.6 is 0 Å². The first-order valence-corrected chi connectivity index (χ1v) is 4.78. The topological polar surface area (TPSA) is 78.7 Å². The van der Waals surface area contributed by atoms with E-state index in [0.717, 1.165) is 12.8 Å². The van der Waals surface area contributed by atoms with E-state index in [4.69, 9.17) is 9.47 Å². The molecule has 1 aliphatic carbocycles. The molecule has 84 valence electrons. The highest BCUT2D eigenvalue weighted by molar-refractivity contribution is 5.64. The smallest absolute Gasteiger partial charge is 0.431 e. The van der Waals surface area contributed by atoms with Crippen molar-refractivity contribution in [2.45, 2.75) is 18.9 Å². The number of benzene rings is 1. The minimum atomic E-state index is -0.767. The summed E-state index contributed by atoms with van der Waals surface area (Å²) in [6.45, 7) is 0. The Bertz CT molecular complexity index is 410. The van der Waals surface area contributed by atoms with E-state index in [2.05, 4.69) is 0 Å². The van der Waals surface area contributed by atoms with Gasteiger partial charge in [0.2, 0.25) is 0 Å². The third-order valence-corrected chi connectivity index (χ3v) is 2.04. The van der Waals surface area contributed by atoms with E-state index < -0.39 is 11.1 Å². The third kappa shape index (κ3) is 2.69. The van der Waals surface area contributed by atoms with Crippen molar-refractivity contribution in [1.82, 2.24) is 0 Å². The monoisotopic (exact) mass is 223 g/mol. The SMILES string of the molecule is O=C(Oc1ccc([N+](=O)[O-])cc1)OC1CC1. The Morgan fingerprint density at radius 3 is 2.44 bits per heavy atom. The number of nitrogens with zero attached hydrogens (tertiary/aromatic N) is 1. The predicted molar refractivity (Wildman–Crippen MR) is 53.2 cm³/mol. The molecule has 6 heteroatoms. The van der Waals surface area contributed by atoms with Crippen molar-refractivity contribution in [2.24, 2.45) is 0 Å². The summed E-state index contributed by atoms with van der Waals surface area (Å²) in [6, 6.07) is 5.23. The van der Waals surface area contributed by atoms with Gasteiger partial charge in [0.05, 0.1) is 4.92 Å². The van der Waals surface area contributed by atoms with Crippen molar-refractivity contribution in [3.8, 4) is 5.75 Å². The fourth-order valence-corrected chi connectivity index (χ4v) is 1.08. The van der Waals surface area contributed by atoms with Crippen molar-refractivity contribution >= 4 is 11.8 Å². The number of rotatable bonds is 3. The van der Waals surface area contributed by atoms with Gasteiger partial charge in [-0.05, 0) is 25.0 Å². The number of nitro benzene ring substituents is 1. The quantitative estimate of drug-likeness (QED) is 0.340. The van der Waals surface area contributed by atoms with E-state index in [1.54, 1.807) is 0 Å². The van der Waals surface area contributed by atoms with Crippen LogP contribution in [0.1, 0.15) is 12.8 Å². The molecule has 0 amide bonds. The first-order valence-electron chi connectivity index (χ1n) is 4.78. The van der Waals surface area contributed by atoms with Gasteiger partial charge in [-0.2, -0.15) is 0 Å². The van der Waals surface area contributed by atoms with E-state index in [0.29, 0.717) is 0 Å².